The maximum Gasteiger partial charge on any atom is 0.234 e. The summed E-state index contributed by atoms with van der Waals surface area (Å²) < 4.78 is 5.84. The first kappa shape index (κ1) is 21.6. The van der Waals surface area contributed by atoms with E-state index < -0.39 is 5.60 Å². The maximum absolute atomic E-state index is 12.3. The van der Waals surface area contributed by atoms with Crippen LogP contribution < -0.4 is 10.1 Å². The van der Waals surface area contributed by atoms with Crippen molar-refractivity contribution < 1.29 is 14.6 Å². The minimum absolute atomic E-state index is 0.00193. The second-order valence-electron chi connectivity index (χ2n) is 7.84. The highest BCUT2D eigenvalue weighted by Crippen LogP contribution is 2.28. The molecule has 3 rings (SSSR count). The van der Waals surface area contributed by atoms with Crippen LogP contribution in [0.1, 0.15) is 30.4 Å². The average molecular weight is 417 g/mol. The summed E-state index contributed by atoms with van der Waals surface area (Å²) in [6, 6.07) is 15.5. The fraction of sp³-hybridized carbons (Fsp3) is 0.435. The Kier molecular flexibility index (Phi) is 7.53. The van der Waals surface area contributed by atoms with Gasteiger partial charge in [0.15, 0.2) is 0 Å². The third kappa shape index (κ3) is 6.74. The van der Waals surface area contributed by atoms with Crippen molar-refractivity contribution in [3.05, 3.63) is 64.7 Å². The number of benzene rings is 2. The number of halogens is 1. The summed E-state index contributed by atoms with van der Waals surface area (Å²) in [4.78, 5) is 14.4. The molecule has 2 aromatic rings. The minimum Gasteiger partial charge on any atom is -0.489 e. The van der Waals surface area contributed by atoms with Crippen LogP contribution in [0.5, 0.6) is 5.75 Å². The number of aryl methyl sites for hydroxylation is 1. The van der Waals surface area contributed by atoms with Gasteiger partial charge in [0.05, 0.1) is 17.2 Å². The number of rotatable bonds is 7. The largest absolute Gasteiger partial charge is 0.489 e. The van der Waals surface area contributed by atoms with Crippen LogP contribution in [0.4, 0.5) is 0 Å². The first-order valence-electron chi connectivity index (χ1n) is 10.1. The number of ether oxygens (including phenoxy) is 1. The lowest BCUT2D eigenvalue weighted by atomic mass is 9.96. The molecule has 1 saturated heterocycles. The summed E-state index contributed by atoms with van der Waals surface area (Å²) in [7, 11) is 0. The molecule has 0 aliphatic carbocycles. The Labute approximate surface area is 177 Å². The van der Waals surface area contributed by atoms with E-state index in [1.165, 1.54) is 0 Å². The van der Waals surface area contributed by atoms with Crippen molar-refractivity contribution >= 4 is 17.5 Å². The van der Waals surface area contributed by atoms with E-state index in [0.717, 1.165) is 24.1 Å². The third-order valence-corrected chi connectivity index (χ3v) is 5.60. The Morgan fingerprint density at radius 2 is 2.00 bits per heavy atom. The van der Waals surface area contributed by atoms with E-state index in [2.05, 4.69) is 10.2 Å². The van der Waals surface area contributed by atoms with Gasteiger partial charge in [-0.2, -0.15) is 0 Å². The molecule has 1 atom stereocenters. The summed E-state index contributed by atoms with van der Waals surface area (Å²) in [6.07, 6.45) is 2.01. The van der Waals surface area contributed by atoms with E-state index in [9.17, 15) is 9.90 Å². The molecule has 0 radical (unpaired) electrons. The van der Waals surface area contributed by atoms with E-state index in [0.29, 0.717) is 43.2 Å². The number of aliphatic hydroxyl groups is 1. The van der Waals surface area contributed by atoms with Gasteiger partial charge >= 0.3 is 0 Å². The van der Waals surface area contributed by atoms with Crippen molar-refractivity contribution in [2.24, 2.45) is 0 Å². The Morgan fingerprint density at radius 1 is 1.21 bits per heavy atom. The molecule has 0 spiro atoms. The van der Waals surface area contributed by atoms with Gasteiger partial charge in [0, 0.05) is 13.1 Å². The number of carbonyl (C=O) groups excluding carboxylic acids is 1. The minimum atomic E-state index is -0.914. The van der Waals surface area contributed by atoms with Gasteiger partial charge in [0.25, 0.3) is 0 Å². The second-order valence-corrected chi connectivity index (χ2v) is 8.25. The van der Waals surface area contributed by atoms with Crippen LogP contribution >= 0.6 is 11.6 Å². The molecule has 2 N–H and O–H groups in total. The lowest BCUT2D eigenvalue weighted by Gasteiger charge is -2.27. The topological polar surface area (TPSA) is 61.8 Å². The van der Waals surface area contributed by atoms with Gasteiger partial charge in [-0.1, -0.05) is 48.0 Å². The van der Waals surface area contributed by atoms with Crippen LogP contribution in [-0.4, -0.2) is 47.8 Å². The van der Waals surface area contributed by atoms with Crippen molar-refractivity contribution in [3.8, 4) is 5.75 Å². The number of nitrogens with zero attached hydrogens (tertiary/aromatic N) is 1. The summed E-state index contributed by atoms with van der Waals surface area (Å²) in [6.45, 7) is 4.48. The van der Waals surface area contributed by atoms with Gasteiger partial charge in [-0.3, -0.25) is 9.69 Å². The molecule has 0 aromatic heterocycles. The van der Waals surface area contributed by atoms with Gasteiger partial charge in [-0.25, -0.2) is 0 Å². The number of likely N-dealkylation sites (tertiary alicyclic amines) is 1. The van der Waals surface area contributed by atoms with Crippen molar-refractivity contribution in [2.45, 2.75) is 38.3 Å². The van der Waals surface area contributed by atoms with E-state index in [4.69, 9.17) is 16.3 Å². The van der Waals surface area contributed by atoms with Crippen molar-refractivity contribution in [3.63, 3.8) is 0 Å². The number of hydrogen-bond donors (Lipinski definition) is 2. The number of nitrogens with one attached hydrogen (secondary N) is 1. The van der Waals surface area contributed by atoms with Crippen molar-refractivity contribution in [2.75, 3.05) is 26.2 Å². The van der Waals surface area contributed by atoms with Gasteiger partial charge in [0.1, 0.15) is 12.4 Å². The quantitative estimate of drug-likeness (QED) is 0.724. The molecule has 0 saturated carbocycles. The molecule has 1 heterocycles. The molecule has 1 aliphatic rings. The Balaban J connectivity index is 1.46. The van der Waals surface area contributed by atoms with Crippen molar-refractivity contribution in [1.82, 2.24) is 10.2 Å². The summed E-state index contributed by atoms with van der Waals surface area (Å²) in [5.74, 6) is 0.601. The highest BCUT2D eigenvalue weighted by atomic mass is 35.5. The summed E-state index contributed by atoms with van der Waals surface area (Å²) >= 11 is 6.19. The highest BCUT2D eigenvalue weighted by molar-refractivity contribution is 6.32. The first-order chi connectivity index (χ1) is 13.9. The smallest absolute Gasteiger partial charge is 0.234 e. The van der Waals surface area contributed by atoms with E-state index >= 15 is 0 Å². The van der Waals surface area contributed by atoms with Crippen LogP contribution in [0.15, 0.2) is 48.5 Å². The summed E-state index contributed by atoms with van der Waals surface area (Å²) in [5.41, 5.74) is 1.23. The Morgan fingerprint density at radius 3 is 2.79 bits per heavy atom. The van der Waals surface area contributed by atoms with Crippen LogP contribution in [0.25, 0.3) is 0 Å². The third-order valence-electron chi connectivity index (χ3n) is 5.29. The molecule has 6 heteroatoms. The molecular weight excluding hydrogens is 388 g/mol. The lowest BCUT2D eigenvalue weighted by molar-refractivity contribution is -0.122. The van der Waals surface area contributed by atoms with Crippen LogP contribution in [0.3, 0.4) is 0 Å². The second kappa shape index (κ2) is 10.1. The number of hydrogen-bond acceptors (Lipinski definition) is 4. The number of carbonyl (C=O) groups is 1. The molecule has 1 fully saturated rings. The van der Waals surface area contributed by atoms with E-state index in [-0.39, 0.29) is 12.5 Å². The molecule has 156 valence electrons. The Bertz CT molecular complexity index is 815. The maximum atomic E-state index is 12.3. The predicted molar refractivity (Wildman–Crippen MR) is 115 cm³/mol. The zero-order valence-electron chi connectivity index (χ0n) is 16.9. The highest BCUT2D eigenvalue weighted by Gasteiger charge is 2.31. The molecule has 0 unspecified atom stereocenters. The predicted octanol–water partition coefficient (Wildman–Crippen LogP) is 3.56. The number of amides is 1. The van der Waals surface area contributed by atoms with Gasteiger partial charge in [-0.15, -0.1) is 0 Å². The lowest BCUT2D eigenvalue weighted by Crippen LogP contribution is -2.40. The summed E-state index contributed by atoms with van der Waals surface area (Å²) in [5, 5.41) is 14.5. The molecule has 5 nitrogen and oxygen atoms in total. The SMILES string of the molecule is Cc1ccc(Cl)c(OC[C@]2(O)CCCN(CC(=O)NCc3ccccc3)CC2)c1. The van der Waals surface area contributed by atoms with Crippen LogP contribution in [0.2, 0.25) is 5.02 Å². The zero-order chi connectivity index (χ0) is 20.7. The molecule has 29 heavy (non-hydrogen) atoms. The Hall–Kier alpha value is -2.08. The van der Waals surface area contributed by atoms with Gasteiger partial charge in [0.2, 0.25) is 5.91 Å². The molecule has 2 aromatic carbocycles. The molecule has 1 amide bonds. The van der Waals surface area contributed by atoms with E-state index in [1.807, 2.05) is 49.4 Å². The molecule has 0 bridgehead atoms. The zero-order valence-corrected chi connectivity index (χ0v) is 17.6. The van der Waals surface area contributed by atoms with Crippen molar-refractivity contribution in [1.29, 1.82) is 0 Å². The van der Waals surface area contributed by atoms with Crippen LogP contribution in [-0.2, 0) is 11.3 Å². The van der Waals surface area contributed by atoms with Crippen LogP contribution in [0, 0.1) is 6.92 Å². The van der Waals surface area contributed by atoms with Gasteiger partial charge < -0.3 is 15.2 Å². The molecular formula is C23H29ClN2O3. The standard InChI is InChI=1S/C23H29ClN2O3/c1-18-8-9-20(24)21(14-18)29-17-23(28)10-5-12-26(13-11-23)16-22(27)25-15-19-6-3-2-4-7-19/h2-4,6-9,14,28H,5,10-13,15-17H2,1H3,(H,25,27)/t23-/m0/s1. The fourth-order valence-electron chi connectivity index (χ4n) is 3.53. The molecule has 1 aliphatic heterocycles. The van der Waals surface area contributed by atoms with Gasteiger partial charge in [-0.05, 0) is 56.0 Å². The van der Waals surface area contributed by atoms with E-state index in [1.54, 1.807) is 6.07 Å². The normalized spacial score (nSPS) is 20.1. The first-order valence-corrected chi connectivity index (χ1v) is 10.5. The fourth-order valence-corrected chi connectivity index (χ4v) is 3.70. The monoisotopic (exact) mass is 416 g/mol. The average Bonchev–Trinajstić information content (AvgIpc) is 2.90.